The predicted molar refractivity (Wildman–Crippen MR) is 60.4 cm³/mol. The van der Waals surface area contributed by atoms with Gasteiger partial charge in [-0.25, -0.2) is 0 Å². The molecule has 0 saturated carbocycles. The molecule has 2 nitrogen and oxygen atoms in total. The summed E-state index contributed by atoms with van der Waals surface area (Å²) in [7, 11) is 0. The molecule has 0 atom stereocenters. The van der Waals surface area contributed by atoms with E-state index in [0.29, 0.717) is 0 Å². The van der Waals surface area contributed by atoms with E-state index in [9.17, 15) is 5.11 Å². The van der Waals surface area contributed by atoms with Crippen LogP contribution in [0, 0.1) is 0 Å². The molecule has 1 aliphatic heterocycles. The van der Waals surface area contributed by atoms with Crippen molar-refractivity contribution in [3.63, 3.8) is 0 Å². The summed E-state index contributed by atoms with van der Waals surface area (Å²) in [6.07, 6.45) is 7.27. The van der Waals surface area contributed by atoms with Gasteiger partial charge in [-0.2, -0.15) is 0 Å². The van der Waals surface area contributed by atoms with Crippen LogP contribution in [0.1, 0.15) is 52.4 Å². The first kappa shape index (κ1) is 12.0. The highest BCUT2D eigenvalue weighted by Crippen LogP contribution is 2.21. The molecule has 1 saturated heterocycles. The van der Waals surface area contributed by atoms with Gasteiger partial charge in [0.1, 0.15) is 0 Å². The number of nitrogens with zero attached hydrogens (tertiary/aromatic N) is 1. The van der Waals surface area contributed by atoms with Gasteiger partial charge < -0.3 is 10.0 Å². The van der Waals surface area contributed by atoms with E-state index in [1.54, 1.807) is 0 Å². The van der Waals surface area contributed by atoms with Crippen LogP contribution in [0.4, 0.5) is 0 Å². The van der Waals surface area contributed by atoms with Crippen LogP contribution in [-0.4, -0.2) is 35.2 Å². The molecule has 1 heterocycles. The highest BCUT2D eigenvalue weighted by Gasteiger charge is 2.26. The topological polar surface area (TPSA) is 23.5 Å². The summed E-state index contributed by atoms with van der Waals surface area (Å²) in [5, 5.41) is 9.78. The third-order valence-corrected chi connectivity index (χ3v) is 3.26. The van der Waals surface area contributed by atoms with Gasteiger partial charge >= 0.3 is 0 Å². The van der Waals surface area contributed by atoms with E-state index >= 15 is 0 Å². The van der Waals surface area contributed by atoms with Gasteiger partial charge in [-0.3, -0.25) is 0 Å². The molecule has 1 rings (SSSR count). The monoisotopic (exact) mass is 199 g/mol. The van der Waals surface area contributed by atoms with Gasteiger partial charge in [0.25, 0.3) is 0 Å². The predicted octanol–water partition coefficient (Wildman–Crippen LogP) is 2.41. The zero-order valence-electron chi connectivity index (χ0n) is 9.76. The fourth-order valence-corrected chi connectivity index (χ4v) is 2.02. The Bertz CT molecular complexity index is 146. The Labute approximate surface area is 88.3 Å². The number of likely N-dealkylation sites (tertiary alicyclic amines) is 1. The Balaban J connectivity index is 2.04. The fraction of sp³-hybridized carbons (Fsp3) is 1.00. The van der Waals surface area contributed by atoms with Crippen LogP contribution in [0.2, 0.25) is 0 Å². The first-order chi connectivity index (χ1) is 6.64. The molecule has 0 radical (unpaired) electrons. The summed E-state index contributed by atoms with van der Waals surface area (Å²) in [5.41, 5.74) is -0.389. The minimum Gasteiger partial charge on any atom is -0.390 e. The third-order valence-electron chi connectivity index (χ3n) is 3.26. The quantitative estimate of drug-likeness (QED) is 0.687. The minimum absolute atomic E-state index is 0.389. The molecule has 0 aromatic carbocycles. The smallest absolute Gasteiger partial charge is 0.0644 e. The number of aliphatic hydroxyl groups is 1. The molecule has 0 unspecified atom stereocenters. The number of piperidine rings is 1. The maximum absolute atomic E-state index is 9.78. The van der Waals surface area contributed by atoms with Crippen molar-refractivity contribution in [2.45, 2.75) is 58.0 Å². The standard InChI is InChI=1S/C12H25NO/c1-3-4-5-6-9-13-10-7-12(2,14)8-11-13/h14H,3-11H2,1-2H3. The van der Waals surface area contributed by atoms with Crippen LogP contribution < -0.4 is 0 Å². The number of rotatable bonds is 5. The van der Waals surface area contributed by atoms with Crippen LogP contribution in [0.3, 0.4) is 0 Å². The lowest BCUT2D eigenvalue weighted by molar-refractivity contribution is -0.00553. The maximum atomic E-state index is 9.78. The van der Waals surface area contributed by atoms with E-state index in [-0.39, 0.29) is 5.60 Å². The van der Waals surface area contributed by atoms with Crippen molar-refractivity contribution < 1.29 is 5.11 Å². The first-order valence-corrected chi connectivity index (χ1v) is 6.09. The lowest BCUT2D eigenvalue weighted by atomic mass is 9.94. The molecular formula is C12H25NO. The van der Waals surface area contributed by atoms with E-state index in [4.69, 9.17) is 0 Å². The van der Waals surface area contributed by atoms with Gasteiger partial charge in [0, 0.05) is 13.1 Å². The molecule has 14 heavy (non-hydrogen) atoms. The van der Waals surface area contributed by atoms with Crippen LogP contribution in [0.5, 0.6) is 0 Å². The molecule has 0 bridgehead atoms. The number of unbranched alkanes of at least 4 members (excludes halogenated alkanes) is 3. The lowest BCUT2D eigenvalue weighted by Crippen LogP contribution is -2.42. The van der Waals surface area contributed by atoms with Crippen molar-refractivity contribution in [2.75, 3.05) is 19.6 Å². The van der Waals surface area contributed by atoms with Crippen LogP contribution in [-0.2, 0) is 0 Å². The lowest BCUT2D eigenvalue weighted by Gasteiger charge is -2.35. The summed E-state index contributed by atoms with van der Waals surface area (Å²) in [4.78, 5) is 2.49. The highest BCUT2D eigenvalue weighted by molar-refractivity contribution is 4.81. The molecule has 0 spiro atoms. The summed E-state index contributed by atoms with van der Waals surface area (Å²) in [6, 6.07) is 0. The second-order valence-corrected chi connectivity index (χ2v) is 4.90. The molecule has 0 aromatic rings. The summed E-state index contributed by atoms with van der Waals surface area (Å²) in [5.74, 6) is 0. The fourth-order valence-electron chi connectivity index (χ4n) is 2.02. The first-order valence-electron chi connectivity index (χ1n) is 6.09. The van der Waals surface area contributed by atoms with E-state index in [1.165, 1.54) is 32.2 Å². The average Bonchev–Trinajstić information content (AvgIpc) is 2.15. The van der Waals surface area contributed by atoms with Crippen molar-refractivity contribution in [1.29, 1.82) is 0 Å². The van der Waals surface area contributed by atoms with Crippen LogP contribution >= 0.6 is 0 Å². The Morgan fingerprint density at radius 1 is 1.14 bits per heavy atom. The van der Waals surface area contributed by atoms with Gasteiger partial charge in [-0.15, -0.1) is 0 Å². The van der Waals surface area contributed by atoms with Crippen molar-refractivity contribution in [3.05, 3.63) is 0 Å². The van der Waals surface area contributed by atoms with E-state index in [1.807, 2.05) is 6.92 Å². The highest BCUT2D eigenvalue weighted by atomic mass is 16.3. The Kier molecular flexibility index (Phi) is 4.90. The SMILES string of the molecule is CCCCCCN1CCC(C)(O)CC1. The Morgan fingerprint density at radius 2 is 1.79 bits per heavy atom. The third kappa shape index (κ3) is 4.43. The molecule has 1 N–H and O–H groups in total. The van der Waals surface area contributed by atoms with Gasteiger partial charge in [-0.1, -0.05) is 26.2 Å². The molecule has 84 valence electrons. The molecule has 0 amide bonds. The normalized spacial score (nSPS) is 22.5. The molecule has 1 aliphatic rings. The second-order valence-electron chi connectivity index (χ2n) is 4.90. The number of hydrogen-bond acceptors (Lipinski definition) is 2. The van der Waals surface area contributed by atoms with E-state index < -0.39 is 0 Å². The minimum atomic E-state index is -0.389. The summed E-state index contributed by atoms with van der Waals surface area (Å²) in [6.45, 7) is 7.61. The molecule has 1 fully saturated rings. The molecule has 0 aromatic heterocycles. The maximum Gasteiger partial charge on any atom is 0.0644 e. The van der Waals surface area contributed by atoms with E-state index in [2.05, 4.69) is 11.8 Å². The van der Waals surface area contributed by atoms with Gasteiger partial charge in [-0.05, 0) is 32.7 Å². The summed E-state index contributed by atoms with van der Waals surface area (Å²) >= 11 is 0. The number of hydrogen-bond donors (Lipinski definition) is 1. The Hall–Kier alpha value is -0.0800. The average molecular weight is 199 g/mol. The van der Waals surface area contributed by atoms with Gasteiger partial charge in [0.15, 0.2) is 0 Å². The largest absolute Gasteiger partial charge is 0.390 e. The van der Waals surface area contributed by atoms with Crippen molar-refractivity contribution in [3.8, 4) is 0 Å². The summed E-state index contributed by atoms with van der Waals surface area (Å²) < 4.78 is 0. The van der Waals surface area contributed by atoms with Crippen LogP contribution in [0.25, 0.3) is 0 Å². The zero-order chi connectivity index (χ0) is 10.4. The molecule has 2 heteroatoms. The van der Waals surface area contributed by atoms with Crippen molar-refractivity contribution in [1.82, 2.24) is 4.90 Å². The van der Waals surface area contributed by atoms with E-state index in [0.717, 1.165) is 25.9 Å². The van der Waals surface area contributed by atoms with Crippen molar-refractivity contribution >= 4 is 0 Å². The van der Waals surface area contributed by atoms with Crippen LogP contribution in [0.15, 0.2) is 0 Å². The molecule has 0 aliphatic carbocycles. The van der Waals surface area contributed by atoms with Gasteiger partial charge in [0.2, 0.25) is 0 Å². The van der Waals surface area contributed by atoms with Crippen molar-refractivity contribution in [2.24, 2.45) is 0 Å². The van der Waals surface area contributed by atoms with Gasteiger partial charge in [0.05, 0.1) is 5.60 Å². The zero-order valence-corrected chi connectivity index (χ0v) is 9.76. The second kappa shape index (κ2) is 5.72. The Morgan fingerprint density at radius 3 is 2.36 bits per heavy atom. The molecular weight excluding hydrogens is 174 g/mol.